The van der Waals surface area contributed by atoms with E-state index in [2.05, 4.69) is 10.3 Å². The Balaban J connectivity index is 1.90. The maximum Gasteiger partial charge on any atom is 0.303 e. The average Bonchev–Trinajstić information content (AvgIpc) is 2.78. The van der Waals surface area contributed by atoms with Gasteiger partial charge >= 0.3 is 5.97 Å². The van der Waals surface area contributed by atoms with Crippen molar-refractivity contribution in [3.05, 3.63) is 35.8 Å². The Morgan fingerprint density at radius 2 is 2.20 bits per heavy atom. The zero-order valence-corrected chi connectivity index (χ0v) is 11.3. The summed E-state index contributed by atoms with van der Waals surface area (Å²) in [6.07, 6.45) is 2.55. The maximum atomic E-state index is 11.7. The minimum Gasteiger partial charge on any atom is -0.481 e. The molecule has 2 N–H and O–H groups in total. The number of carbonyl (C=O) groups is 2. The first-order valence-electron chi connectivity index (χ1n) is 6.48. The van der Waals surface area contributed by atoms with Crippen molar-refractivity contribution in [1.29, 1.82) is 0 Å². The van der Waals surface area contributed by atoms with Crippen LogP contribution in [0, 0.1) is 6.92 Å². The van der Waals surface area contributed by atoms with Gasteiger partial charge in [-0.3, -0.25) is 9.59 Å². The van der Waals surface area contributed by atoms with Crippen LogP contribution in [0.3, 0.4) is 0 Å². The third-order valence-electron chi connectivity index (χ3n) is 2.98. The lowest BCUT2D eigenvalue weighted by molar-refractivity contribution is -0.137. The van der Waals surface area contributed by atoms with Gasteiger partial charge < -0.3 is 14.8 Å². The molecule has 0 spiro atoms. The van der Waals surface area contributed by atoms with E-state index in [0.717, 1.165) is 11.3 Å². The van der Waals surface area contributed by atoms with Crippen molar-refractivity contribution < 1.29 is 14.7 Å². The van der Waals surface area contributed by atoms with Crippen LogP contribution in [0.1, 0.15) is 24.2 Å². The molecule has 2 rings (SSSR count). The van der Waals surface area contributed by atoms with Gasteiger partial charge in [-0.1, -0.05) is 6.07 Å². The van der Waals surface area contributed by atoms with Crippen LogP contribution in [-0.2, 0) is 16.0 Å². The van der Waals surface area contributed by atoms with E-state index in [1.165, 1.54) is 0 Å². The van der Waals surface area contributed by atoms with E-state index in [1.54, 1.807) is 0 Å². The fraction of sp³-hybridized carbons (Fsp3) is 0.357. The number of fused-ring (bicyclic) bond motifs is 1. The first kappa shape index (κ1) is 14.0. The quantitative estimate of drug-likeness (QED) is 0.775. The second kappa shape index (κ2) is 6.18. The first-order chi connectivity index (χ1) is 9.56. The van der Waals surface area contributed by atoms with Crippen molar-refractivity contribution in [2.24, 2.45) is 0 Å². The Labute approximate surface area is 116 Å². The lowest BCUT2D eigenvalue weighted by Gasteiger charge is -2.02. The van der Waals surface area contributed by atoms with E-state index in [1.807, 2.05) is 35.7 Å². The molecular weight excluding hydrogens is 258 g/mol. The van der Waals surface area contributed by atoms with Crippen LogP contribution in [0.15, 0.2) is 24.4 Å². The van der Waals surface area contributed by atoms with Gasteiger partial charge in [0.25, 0.3) is 0 Å². The van der Waals surface area contributed by atoms with Crippen molar-refractivity contribution in [3.8, 4) is 0 Å². The van der Waals surface area contributed by atoms with Gasteiger partial charge in [0.15, 0.2) is 0 Å². The summed E-state index contributed by atoms with van der Waals surface area (Å²) >= 11 is 0. The predicted octanol–water partition coefficient (Wildman–Crippen LogP) is 1.17. The Bertz CT molecular complexity index is 634. The number of hydrogen-bond donors (Lipinski definition) is 2. The molecule has 1 amide bonds. The van der Waals surface area contributed by atoms with Gasteiger partial charge in [-0.15, -0.1) is 0 Å². The average molecular weight is 275 g/mol. The molecule has 0 saturated heterocycles. The summed E-state index contributed by atoms with van der Waals surface area (Å²) in [4.78, 5) is 26.4. The van der Waals surface area contributed by atoms with Crippen LogP contribution in [0.25, 0.3) is 5.65 Å². The molecule has 0 unspecified atom stereocenters. The van der Waals surface area contributed by atoms with Crippen LogP contribution in [0.5, 0.6) is 0 Å². The fourth-order valence-corrected chi connectivity index (χ4v) is 1.98. The number of hydrogen-bond acceptors (Lipinski definition) is 3. The number of nitrogens with zero attached hydrogens (tertiary/aromatic N) is 2. The fourth-order valence-electron chi connectivity index (χ4n) is 1.98. The van der Waals surface area contributed by atoms with Gasteiger partial charge in [-0.05, 0) is 25.5 Å². The van der Waals surface area contributed by atoms with Gasteiger partial charge in [-0.2, -0.15) is 0 Å². The molecule has 0 radical (unpaired) electrons. The summed E-state index contributed by atoms with van der Waals surface area (Å²) in [6.45, 7) is 2.35. The second-order valence-electron chi connectivity index (χ2n) is 4.65. The molecule has 0 bridgehead atoms. The highest BCUT2D eigenvalue weighted by molar-refractivity contribution is 5.78. The number of imidazole rings is 1. The van der Waals surface area contributed by atoms with Crippen molar-refractivity contribution in [3.63, 3.8) is 0 Å². The number of aromatic nitrogens is 2. The highest BCUT2D eigenvalue weighted by Crippen LogP contribution is 2.08. The van der Waals surface area contributed by atoms with Gasteiger partial charge in [0, 0.05) is 24.9 Å². The lowest BCUT2D eigenvalue weighted by atomic mass is 10.3. The molecule has 2 aromatic rings. The number of aryl methyl sites for hydroxylation is 1. The summed E-state index contributed by atoms with van der Waals surface area (Å²) in [7, 11) is 0. The van der Waals surface area contributed by atoms with Crippen LogP contribution >= 0.6 is 0 Å². The maximum absolute atomic E-state index is 11.7. The smallest absolute Gasteiger partial charge is 0.303 e. The molecule has 0 saturated carbocycles. The highest BCUT2D eigenvalue weighted by atomic mass is 16.4. The van der Waals surface area contributed by atoms with Crippen LogP contribution in [0.2, 0.25) is 0 Å². The zero-order chi connectivity index (χ0) is 14.5. The monoisotopic (exact) mass is 275 g/mol. The van der Waals surface area contributed by atoms with E-state index in [4.69, 9.17) is 5.11 Å². The summed E-state index contributed by atoms with van der Waals surface area (Å²) in [5.74, 6) is -0.994. The van der Waals surface area contributed by atoms with Crippen molar-refractivity contribution in [2.45, 2.75) is 26.2 Å². The van der Waals surface area contributed by atoms with Gasteiger partial charge in [0.1, 0.15) is 5.65 Å². The Hall–Kier alpha value is -2.37. The van der Waals surface area contributed by atoms with E-state index >= 15 is 0 Å². The zero-order valence-electron chi connectivity index (χ0n) is 11.3. The van der Waals surface area contributed by atoms with E-state index < -0.39 is 5.97 Å². The third-order valence-corrected chi connectivity index (χ3v) is 2.98. The highest BCUT2D eigenvalue weighted by Gasteiger charge is 2.08. The number of rotatable bonds is 6. The molecule has 20 heavy (non-hydrogen) atoms. The molecule has 2 heterocycles. The largest absolute Gasteiger partial charge is 0.481 e. The van der Waals surface area contributed by atoms with Crippen molar-refractivity contribution in [2.75, 3.05) is 6.54 Å². The van der Waals surface area contributed by atoms with Gasteiger partial charge in [0.05, 0.1) is 12.1 Å². The minimum atomic E-state index is -0.852. The topological polar surface area (TPSA) is 83.7 Å². The summed E-state index contributed by atoms with van der Waals surface area (Å²) in [5.41, 5.74) is 2.58. The van der Waals surface area contributed by atoms with Crippen molar-refractivity contribution in [1.82, 2.24) is 14.7 Å². The molecule has 0 aliphatic carbocycles. The van der Waals surface area contributed by atoms with E-state index in [-0.39, 0.29) is 18.7 Å². The molecule has 2 aromatic heterocycles. The molecule has 6 heteroatoms. The molecule has 6 nitrogen and oxygen atoms in total. The van der Waals surface area contributed by atoms with Crippen molar-refractivity contribution >= 4 is 17.5 Å². The second-order valence-corrected chi connectivity index (χ2v) is 4.65. The van der Waals surface area contributed by atoms with Crippen LogP contribution in [-0.4, -0.2) is 32.9 Å². The molecule has 0 aromatic carbocycles. The number of pyridine rings is 1. The van der Waals surface area contributed by atoms with Crippen LogP contribution in [0.4, 0.5) is 0 Å². The van der Waals surface area contributed by atoms with E-state index in [9.17, 15) is 9.59 Å². The summed E-state index contributed by atoms with van der Waals surface area (Å²) in [6, 6.07) is 5.79. The molecule has 0 atom stereocenters. The number of amides is 1. The lowest BCUT2D eigenvalue weighted by Crippen LogP contribution is -2.26. The summed E-state index contributed by atoms with van der Waals surface area (Å²) < 4.78 is 1.94. The minimum absolute atomic E-state index is 0.0633. The SMILES string of the molecule is Cc1cccc2nc(CC(=O)NCCCC(=O)O)cn12. The van der Waals surface area contributed by atoms with E-state index in [0.29, 0.717) is 18.7 Å². The molecule has 0 aliphatic rings. The van der Waals surface area contributed by atoms with Gasteiger partial charge in [-0.25, -0.2) is 4.98 Å². The number of carboxylic acids is 1. The Morgan fingerprint density at radius 1 is 1.40 bits per heavy atom. The molecule has 0 fully saturated rings. The standard InChI is InChI=1S/C14H17N3O3/c1-10-4-2-5-12-16-11(9-17(10)12)8-13(18)15-7-3-6-14(19)20/h2,4-5,9H,3,6-8H2,1H3,(H,15,18)(H,19,20). The number of carboxylic acid groups (broad SMARTS) is 1. The third kappa shape index (κ3) is 3.57. The Kier molecular flexibility index (Phi) is 4.34. The molecule has 106 valence electrons. The molecular formula is C14H17N3O3. The summed E-state index contributed by atoms with van der Waals surface area (Å²) in [5, 5.41) is 11.2. The predicted molar refractivity (Wildman–Crippen MR) is 73.5 cm³/mol. The normalized spacial score (nSPS) is 10.7. The number of aliphatic carboxylic acids is 1. The van der Waals surface area contributed by atoms with Gasteiger partial charge in [0.2, 0.25) is 5.91 Å². The first-order valence-corrected chi connectivity index (χ1v) is 6.48. The number of carbonyl (C=O) groups excluding carboxylic acids is 1. The Morgan fingerprint density at radius 3 is 2.90 bits per heavy atom. The molecule has 0 aliphatic heterocycles. The number of nitrogens with one attached hydrogen (secondary N) is 1. The van der Waals surface area contributed by atoms with Crippen LogP contribution < -0.4 is 5.32 Å².